The van der Waals surface area contributed by atoms with Gasteiger partial charge in [-0.1, -0.05) is 36.7 Å². The summed E-state index contributed by atoms with van der Waals surface area (Å²) >= 11 is 2.81. The van der Waals surface area contributed by atoms with Crippen LogP contribution in [0, 0.1) is 10.8 Å². The number of benzene rings is 1. The first-order valence-corrected chi connectivity index (χ1v) is 7.37. The number of aromatic nitrogens is 3. The molecule has 1 aromatic carbocycles. The molecule has 0 amide bonds. The van der Waals surface area contributed by atoms with Gasteiger partial charge in [0.2, 0.25) is 0 Å². The van der Waals surface area contributed by atoms with Crippen molar-refractivity contribution in [1.29, 1.82) is 4.41 Å². The fourth-order valence-corrected chi connectivity index (χ4v) is 2.63. The van der Waals surface area contributed by atoms with Crippen molar-refractivity contribution in [2.75, 3.05) is 0 Å². The number of hydrogen-bond acceptors (Lipinski definition) is 3. The molecule has 2 aromatic heterocycles. The van der Waals surface area contributed by atoms with Crippen LogP contribution in [0.15, 0.2) is 36.4 Å². The van der Waals surface area contributed by atoms with Crippen molar-refractivity contribution in [2.24, 2.45) is 0 Å². The summed E-state index contributed by atoms with van der Waals surface area (Å²) in [6, 6.07) is 12.3. The molecule has 109 valence electrons. The van der Waals surface area contributed by atoms with Crippen molar-refractivity contribution in [1.82, 2.24) is 15.0 Å². The number of imidazole rings is 1. The average molecular weight is 322 g/mol. The normalized spacial score (nSPS) is 13.0. The zero-order chi connectivity index (χ0) is 14.7. The van der Waals surface area contributed by atoms with Crippen LogP contribution in [0.5, 0.6) is 0 Å². The van der Waals surface area contributed by atoms with Crippen LogP contribution in [-0.4, -0.2) is 15.0 Å². The molecule has 0 atom stereocenters. The Morgan fingerprint density at radius 3 is 2.81 bits per heavy atom. The first kappa shape index (κ1) is 14.0. The smallest absolute Gasteiger partial charge is 0.156 e. The van der Waals surface area contributed by atoms with E-state index in [1.807, 2.05) is 24.3 Å². The first-order chi connectivity index (χ1) is 10.4. The second-order valence-electron chi connectivity index (χ2n) is 4.94. The summed E-state index contributed by atoms with van der Waals surface area (Å²) in [5.74, 6) is 0.850. The van der Waals surface area contributed by atoms with E-state index in [9.17, 15) is 0 Å². The van der Waals surface area contributed by atoms with Crippen molar-refractivity contribution in [3.05, 3.63) is 54.1 Å². The van der Waals surface area contributed by atoms with E-state index < -0.39 is 0 Å². The van der Waals surface area contributed by atoms with E-state index in [4.69, 9.17) is 9.40 Å². The van der Waals surface area contributed by atoms with Crippen LogP contribution in [0.1, 0.15) is 24.1 Å². The minimum absolute atomic E-state index is 0.850. The van der Waals surface area contributed by atoms with Crippen LogP contribution in [-0.2, 0) is 22.0 Å². The van der Waals surface area contributed by atoms with Gasteiger partial charge in [0, 0.05) is 0 Å². The number of fused-ring (bicyclic) bond motifs is 2. The molecule has 1 aliphatic rings. The molecule has 21 heavy (non-hydrogen) atoms. The van der Waals surface area contributed by atoms with Crippen molar-refractivity contribution in [3.63, 3.8) is 0 Å². The fourth-order valence-electron chi connectivity index (χ4n) is 2.63. The van der Waals surface area contributed by atoms with Gasteiger partial charge in [0.25, 0.3) is 0 Å². The fraction of sp³-hybridized carbons (Fsp3) is 0.188. The molecule has 0 saturated carbocycles. The van der Waals surface area contributed by atoms with E-state index >= 15 is 0 Å². The van der Waals surface area contributed by atoms with Crippen LogP contribution in [0.4, 0.5) is 0 Å². The Bertz CT molecular complexity index is 733. The largest absolute Gasteiger partial charge is 0.337 e. The van der Waals surface area contributed by atoms with E-state index in [0.29, 0.717) is 0 Å². The van der Waals surface area contributed by atoms with E-state index in [1.165, 1.54) is 12.0 Å². The second kappa shape index (κ2) is 6.20. The van der Waals surface area contributed by atoms with Gasteiger partial charge >= 0.3 is 20.0 Å². The van der Waals surface area contributed by atoms with E-state index in [0.717, 1.165) is 41.1 Å². The number of aryl methyl sites for hydroxylation is 1. The molecule has 0 radical (unpaired) electrons. The third-order valence-corrected chi connectivity index (χ3v) is 3.63. The van der Waals surface area contributed by atoms with Gasteiger partial charge in [-0.05, 0) is 12.1 Å². The number of nitrogens with zero attached hydrogens (tertiary/aromatic N) is 2. The standard InChI is InChI=1S/C16H14N3.Co.HN/c1-2-6-12-11(5-1)9-10-15(17-12)16-18-13-7-3-4-8-14(13)19-16;;/h3-4,6-10H,1-2,5H2,(H,18,19);;1H/q-1;;. The van der Waals surface area contributed by atoms with E-state index in [-0.39, 0.29) is 0 Å². The Labute approximate surface area is 131 Å². The van der Waals surface area contributed by atoms with Crippen LogP contribution in [0.2, 0.25) is 0 Å². The van der Waals surface area contributed by atoms with E-state index in [2.05, 4.69) is 44.1 Å². The van der Waals surface area contributed by atoms with E-state index in [1.54, 1.807) is 0 Å². The summed E-state index contributed by atoms with van der Waals surface area (Å²) in [6.07, 6.45) is 5.73. The van der Waals surface area contributed by atoms with Gasteiger partial charge in [-0.3, -0.25) is 4.98 Å². The molecule has 3 aromatic rings. The second-order valence-corrected chi connectivity index (χ2v) is 4.94. The molecular formula is C16H15CoN4-. The van der Waals surface area contributed by atoms with Crippen molar-refractivity contribution in [3.8, 4) is 11.5 Å². The zero-order valence-electron chi connectivity index (χ0n) is 11.4. The van der Waals surface area contributed by atoms with Crippen LogP contribution < -0.4 is 0 Å². The molecule has 0 fully saturated rings. The van der Waals surface area contributed by atoms with Crippen LogP contribution >= 0.6 is 0 Å². The molecule has 5 heteroatoms. The Balaban J connectivity index is 0.000000636. The summed E-state index contributed by atoms with van der Waals surface area (Å²) in [4.78, 5) is 12.7. The minimum Gasteiger partial charge on any atom is -0.337 e. The van der Waals surface area contributed by atoms with Gasteiger partial charge in [0.15, 0.2) is 5.82 Å². The molecule has 2 N–H and O–H groups in total. The predicted molar refractivity (Wildman–Crippen MR) is 78.4 cm³/mol. The molecular weight excluding hydrogens is 307 g/mol. The molecule has 1 aliphatic carbocycles. The molecule has 0 saturated heterocycles. The number of nitrogens with one attached hydrogen (secondary N) is 2. The predicted octanol–water partition coefficient (Wildman–Crippen LogP) is 3.81. The Morgan fingerprint density at radius 2 is 1.95 bits per heavy atom. The van der Waals surface area contributed by atoms with Crippen molar-refractivity contribution >= 4 is 11.0 Å². The third kappa shape index (κ3) is 2.75. The average Bonchev–Trinajstić information content (AvgIpc) is 3.00. The molecule has 4 rings (SSSR count). The summed E-state index contributed by atoms with van der Waals surface area (Å²) in [6.45, 7) is 0. The summed E-state index contributed by atoms with van der Waals surface area (Å²) in [7, 11) is 0. The van der Waals surface area contributed by atoms with Crippen LogP contribution in [0.3, 0.4) is 0 Å². The third-order valence-electron chi connectivity index (χ3n) is 3.63. The van der Waals surface area contributed by atoms with Gasteiger partial charge < -0.3 is 4.98 Å². The van der Waals surface area contributed by atoms with Crippen LogP contribution in [0.25, 0.3) is 22.6 Å². The topological polar surface area (TPSA) is 65.4 Å². The monoisotopic (exact) mass is 322 g/mol. The maximum atomic E-state index is 5.44. The summed E-state index contributed by atoms with van der Waals surface area (Å²) in [5, 5.41) is 0. The quantitative estimate of drug-likeness (QED) is 0.669. The van der Waals surface area contributed by atoms with Gasteiger partial charge in [-0.15, -0.1) is 12.5 Å². The summed E-state index contributed by atoms with van der Waals surface area (Å²) < 4.78 is 5.44. The van der Waals surface area contributed by atoms with Crippen molar-refractivity contribution in [2.45, 2.75) is 19.3 Å². The maximum absolute atomic E-state index is 5.44. The molecule has 0 unspecified atom stereocenters. The molecule has 2 heterocycles. The number of para-hydroxylation sites is 2. The van der Waals surface area contributed by atoms with Gasteiger partial charge in [-0.2, -0.15) is 5.56 Å². The molecule has 0 spiro atoms. The van der Waals surface area contributed by atoms with Gasteiger partial charge in [0.05, 0.1) is 11.0 Å². The number of rotatable bonds is 1. The zero-order valence-corrected chi connectivity index (χ0v) is 12.4. The number of H-pyrrole nitrogens is 1. The Hall–Kier alpha value is -1.98. The number of aromatic amines is 1. The molecule has 4 nitrogen and oxygen atoms in total. The Morgan fingerprint density at radius 1 is 1.10 bits per heavy atom. The summed E-state index contributed by atoms with van der Waals surface area (Å²) in [5.41, 5.74) is 5.45. The SMILES string of the molecule is [NH]=[Co].c1ccc2[nH]c(-c3ccc4c(n3)[CH-]CCC4)nc2c1. The van der Waals surface area contributed by atoms with Gasteiger partial charge in [-0.25, -0.2) is 11.4 Å². The Kier molecular flexibility index (Phi) is 4.12. The molecule has 0 aliphatic heterocycles. The number of hydrogen-bond donors (Lipinski definition) is 2. The minimum atomic E-state index is 0.850. The maximum Gasteiger partial charge on any atom is 0.156 e. The number of pyridine rings is 1. The van der Waals surface area contributed by atoms with Crippen molar-refractivity contribution < 1.29 is 15.5 Å². The van der Waals surface area contributed by atoms with Gasteiger partial charge in [0.1, 0.15) is 5.69 Å². The first-order valence-electron chi connectivity index (χ1n) is 6.85. The molecule has 0 bridgehead atoms.